The van der Waals surface area contributed by atoms with E-state index >= 15 is 0 Å². The summed E-state index contributed by atoms with van der Waals surface area (Å²) >= 11 is 0. The number of hydrogen-bond acceptors (Lipinski definition) is 4. The molecule has 0 atom stereocenters. The van der Waals surface area contributed by atoms with Crippen LogP contribution in [0.4, 0.5) is 5.82 Å². The topological polar surface area (TPSA) is 84.1 Å². The minimum atomic E-state index is -0.356. The molecule has 4 bridgehead atoms. The van der Waals surface area contributed by atoms with Gasteiger partial charge in [-0.2, -0.15) is 5.26 Å². The maximum Gasteiger partial charge on any atom is 0.310 e. The van der Waals surface area contributed by atoms with E-state index in [9.17, 15) is 14.9 Å². The molecule has 6 nitrogen and oxygen atoms in total. The second kappa shape index (κ2) is 8.00. The largest absolute Gasteiger partial charge is 0.455 e. The normalized spacial score (nSPS) is 31.6. The summed E-state index contributed by atoms with van der Waals surface area (Å²) in [5.74, 6) is 2.49. The van der Waals surface area contributed by atoms with E-state index in [1.165, 1.54) is 19.3 Å². The Kier molecular flexibility index (Phi) is 5.32. The smallest absolute Gasteiger partial charge is 0.310 e. The van der Waals surface area contributed by atoms with Crippen molar-refractivity contribution in [3.63, 3.8) is 0 Å². The van der Waals surface area contributed by atoms with E-state index in [2.05, 4.69) is 16.0 Å². The molecule has 5 saturated carbocycles. The maximum absolute atomic E-state index is 12.9. The number of nitriles is 1. The summed E-state index contributed by atoms with van der Waals surface area (Å²) in [6.07, 6.45) is 10.4. The highest BCUT2D eigenvalue weighted by Crippen LogP contribution is 2.56. The molecule has 1 aromatic rings. The van der Waals surface area contributed by atoms with Crippen molar-refractivity contribution in [2.45, 2.75) is 77.7 Å². The molecule has 166 valence electrons. The standard InChI is InChI=1S/C25H33N3O3/c1-14-15(2)28(20-5-3-4-6-20)24(21(14)12-26)27-22(29)13-31-25(30)23-18-8-16-7-17(10-18)11-19(23)9-16/h16-20,23H,3-11,13H2,1-2H3,(H,27,29). The molecule has 31 heavy (non-hydrogen) atoms. The molecule has 5 fully saturated rings. The van der Waals surface area contributed by atoms with Crippen LogP contribution in [0.5, 0.6) is 0 Å². The van der Waals surface area contributed by atoms with Crippen LogP contribution in [0.15, 0.2) is 0 Å². The van der Waals surface area contributed by atoms with Gasteiger partial charge in [-0.1, -0.05) is 12.8 Å². The number of nitrogens with zero attached hydrogens (tertiary/aromatic N) is 2. The van der Waals surface area contributed by atoms with Crippen molar-refractivity contribution < 1.29 is 14.3 Å². The number of rotatable bonds is 5. The first-order chi connectivity index (χ1) is 15.0. The van der Waals surface area contributed by atoms with Crippen LogP contribution in [-0.2, 0) is 14.3 Å². The second-order valence-corrected chi connectivity index (χ2v) is 10.5. The molecule has 5 aliphatic rings. The molecular weight excluding hydrogens is 390 g/mol. The first kappa shape index (κ1) is 20.6. The van der Waals surface area contributed by atoms with Gasteiger partial charge in [0.1, 0.15) is 11.9 Å². The third-order valence-corrected chi connectivity index (χ3v) is 8.66. The quantitative estimate of drug-likeness (QED) is 0.699. The van der Waals surface area contributed by atoms with E-state index in [4.69, 9.17) is 4.74 Å². The van der Waals surface area contributed by atoms with Crippen molar-refractivity contribution in [3.05, 3.63) is 16.8 Å². The van der Waals surface area contributed by atoms with Crippen molar-refractivity contribution >= 4 is 17.7 Å². The Morgan fingerprint density at radius 3 is 2.26 bits per heavy atom. The van der Waals surface area contributed by atoms with Crippen LogP contribution >= 0.6 is 0 Å². The number of esters is 1. The Hall–Kier alpha value is -2.29. The molecular formula is C25H33N3O3. The molecule has 0 aromatic carbocycles. The van der Waals surface area contributed by atoms with Crippen molar-refractivity contribution in [3.8, 4) is 6.07 Å². The number of aromatic nitrogens is 1. The Labute approximate surface area is 184 Å². The lowest BCUT2D eigenvalue weighted by molar-refractivity contribution is -0.164. The van der Waals surface area contributed by atoms with Gasteiger partial charge in [-0.25, -0.2) is 0 Å². The minimum absolute atomic E-state index is 0.0258. The van der Waals surface area contributed by atoms with Crippen LogP contribution in [0, 0.1) is 54.8 Å². The lowest BCUT2D eigenvalue weighted by Crippen LogP contribution is -2.48. The Morgan fingerprint density at radius 2 is 1.68 bits per heavy atom. The summed E-state index contributed by atoms with van der Waals surface area (Å²) in [5.41, 5.74) is 2.46. The third kappa shape index (κ3) is 3.56. The predicted octanol–water partition coefficient (Wildman–Crippen LogP) is 4.65. The van der Waals surface area contributed by atoms with E-state index in [-0.39, 0.29) is 24.4 Å². The first-order valence-electron chi connectivity index (χ1n) is 12.0. The zero-order valence-electron chi connectivity index (χ0n) is 18.7. The van der Waals surface area contributed by atoms with Crippen LogP contribution in [0.3, 0.4) is 0 Å². The molecule has 0 aliphatic heterocycles. The number of nitrogens with one attached hydrogen (secondary N) is 1. The number of carbonyl (C=O) groups excluding carboxylic acids is 2. The predicted molar refractivity (Wildman–Crippen MR) is 116 cm³/mol. The van der Waals surface area contributed by atoms with Crippen LogP contribution < -0.4 is 5.32 Å². The van der Waals surface area contributed by atoms with E-state index in [0.717, 1.165) is 61.6 Å². The van der Waals surface area contributed by atoms with Gasteiger partial charge in [0.05, 0.1) is 11.5 Å². The number of anilines is 1. The molecule has 0 unspecified atom stereocenters. The summed E-state index contributed by atoms with van der Waals surface area (Å²) in [6.45, 7) is 3.67. The second-order valence-electron chi connectivity index (χ2n) is 10.5. The summed E-state index contributed by atoms with van der Waals surface area (Å²) in [4.78, 5) is 25.6. The van der Waals surface area contributed by atoms with Crippen LogP contribution in [-0.4, -0.2) is 23.1 Å². The lowest BCUT2D eigenvalue weighted by atomic mass is 9.52. The molecule has 0 saturated heterocycles. The molecule has 0 spiro atoms. The first-order valence-corrected chi connectivity index (χ1v) is 12.0. The lowest BCUT2D eigenvalue weighted by Gasteiger charge is -2.53. The van der Waals surface area contributed by atoms with Gasteiger partial charge in [0.25, 0.3) is 5.91 Å². The summed E-state index contributed by atoms with van der Waals surface area (Å²) in [7, 11) is 0. The number of carbonyl (C=O) groups is 2. The summed E-state index contributed by atoms with van der Waals surface area (Å²) in [5, 5.41) is 12.6. The van der Waals surface area contributed by atoms with E-state index in [0.29, 0.717) is 29.3 Å². The zero-order chi connectivity index (χ0) is 21.7. The molecule has 0 radical (unpaired) electrons. The molecule has 1 amide bonds. The van der Waals surface area contributed by atoms with Gasteiger partial charge in [0.15, 0.2) is 6.61 Å². The van der Waals surface area contributed by atoms with E-state index < -0.39 is 0 Å². The Morgan fingerprint density at radius 1 is 1.06 bits per heavy atom. The fourth-order valence-electron chi connectivity index (χ4n) is 7.42. The SMILES string of the molecule is Cc1c(C#N)c(NC(=O)COC(=O)C2C3CC4CC(C3)CC2C4)n(C2CCCC2)c1C. The van der Waals surface area contributed by atoms with Gasteiger partial charge in [0.2, 0.25) is 0 Å². The van der Waals surface area contributed by atoms with Crippen molar-refractivity contribution in [2.24, 2.45) is 29.6 Å². The average Bonchev–Trinajstić information content (AvgIpc) is 3.33. The molecule has 6 heteroatoms. The molecule has 1 aromatic heterocycles. The Bertz CT molecular complexity index is 907. The highest BCUT2D eigenvalue weighted by atomic mass is 16.5. The number of amides is 1. The third-order valence-electron chi connectivity index (χ3n) is 8.66. The monoisotopic (exact) mass is 423 g/mol. The van der Waals surface area contributed by atoms with Crippen LogP contribution in [0.25, 0.3) is 0 Å². The van der Waals surface area contributed by atoms with Gasteiger partial charge in [-0.15, -0.1) is 0 Å². The zero-order valence-corrected chi connectivity index (χ0v) is 18.7. The van der Waals surface area contributed by atoms with Crippen molar-refractivity contribution in [1.82, 2.24) is 4.57 Å². The fourth-order valence-corrected chi connectivity index (χ4v) is 7.42. The minimum Gasteiger partial charge on any atom is -0.455 e. The van der Waals surface area contributed by atoms with Gasteiger partial charge in [-0.3, -0.25) is 9.59 Å². The maximum atomic E-state index is 12.9. The van der Waals surface area contributed by atoms with Gasteiger partial charge < -0.3 is 14.6 Å². The van der Waals surface area contributed by atoms with Crippen LogP contribution in [0.1, 0.15) is 80.7 Å². The molecule has 5 aliphatic carbocycles. The molecule has 1 N–H and O–H groups in total. The average molecular weight is 424 g/mol. The summed E-state index contributed by atoms with van der Waals surface area (Å²) < 4.78 is 7.66. The highest BCUT2D eigenvalue weighted by molar-refractivity contribution is 5.94. The number of ether oxygens (including phenoxy) is 1. The van der Waals surface area contributed by atoms with E-state index in [1.807, 2.05) is 13.8 Å². The molecule has 1 heterocycles. The summed E-state index contributed by atoms with van der Waals surface area (Å²) in [6, 6.07) is 2.57. The van der Waals surface area contributed by atoms with Crippen molar-refractivity contribution in [1.29, 1.82) is 5.26 Å². The van der Waals surface area contributed by atoms with Crippen LogP contribution in [0.2, 0.25) is 0 Å². The van der Waals surface area contributed by atoms with Gasteiger partial charge in [-0.05, 0) is 88.0 Å². The Balaban J connectivity index is 1.26. The molecule has 6 rings (SSSR count). The van der Waals surface area contributed by atoms with Gasteiger partial charge in [0, 0.05) is 11.7 Å². The van der Waals surface area contributed by atoms with Gasteiger partial charge >= 0.3 is 5.97 Å². The fraction of sp³-hybridized carbons (Fsp3) is 0.720. The van der Waals surface area contributed by atoms with Crippen molar-refractivity contribution in [2.75, 3.05) is 11.9 Å². The van der Waals surface area contributed by atoms with E-state index in [1.54, 1.807) is 0 Å². The number of hydrogen-bond donors (Lipinski definition) is 1. The highest BCUT2D eigenvalue weighted by Gasteiger charge is 2.51.